The highest BCUT2D eigenvalue weighted by Gasteiger charge is 2.66. The van der Waals surface area contributed by atoms with Gasteiger partial charge in [0.25, 0.3) is 0 Å². The summed E-state index contributed by atoms with van der Waals surface area (Å²) in [6.45, 7) is 3.17. The van der Waals surface area contributed by atoms with Gasteiger partial charge in [-0.1, -0.05) is 12.2 Å². The van der Waals surface area contributed by atoms with Crippen LogP contribution in [0.2, 0.25) is 0 Å². The molecule has 0 aliphatic carbocycles. The molecule has 0 aromatic heterocycles. The van der Waals surface area contributed by atoms with E-state index in [0.29, 0.717) is 6.29 Å². The van der Waals surface area contributed by atoms with Gasteiger partial charge in [0.15, 0.2) is 6.29 Å². The maximum atomic E-state index is 12.5. The molecule has 2 aliphatic heterocycles. The van der Waals surface area contributed by atoms with E-state index in [-0.39, 0.29) is 5.57 Å². The van der Waals surface area contributed by atoms with Crippen molar-refractivity contribution in [1.29, 1.82) is 21.0 Å². The minimum absolute atomic E-state index is 0.236. The first-order valence-electron chi connectivity index (χ1n) is 7.56. The largest absolute Gasteiger partial charge is 0.460 e. The van der Waals surface area contributed by atoms with Crippen LogP contribution in [0.5, 0.6) is 0 Å². The normalized spacial score (nSPS) is 21.7. The number of nitriles is 4. The van der Waals surface area contributed by atoms with E-state index in [1.165, 1.54) is 29.5 Å². The van der Waals surface area contributed by atoms with Gasteiger partial charge in [-0.05, 0) is 13.8 Å². The number of esters is 1. The molecule has 0 fully saturated rings. The Morgan fingerprint density at radius 2 is 1.81 bits per heavy atom. The zero-order chi connectivity index (χ0) is 19.5. The molecule has 2 rings (SSSR count). The van der Waals surface area contributed by atoms with Gasteiger partial charge in [-0.2, -0.15) is 21.0 Å². The van der Waals surface area contributed by atoms with Crippen molar-refractivity contribution in [3.8, 4) is 24.3 Å². The average Bonchev–Trinajstić information content (AvgIpc) is 2.65. The van der Waals surface area contributed by atoms with E-state index < -0.39 is 34.5 Å². The number of carbonyl (C=O) groups excluding carboxylic acids is 2. The molecule has 8 heteroatoms. The Morgan fingerprint density at radius 1 is 1.19 bits per heavy atom. The molecule has 8 nitrogen and oxygen atoms in total. The van der Waals surface area contributed by atoms with Crippen molar-refractivity contribution in [2.45, 2.75) is 26.0 Å². The number of fused-ring (bicyclic) bond motifs is 1. The molecule has 2 aliphatic rings. The van der Waals surface area contributed by atoms with Gasteiger partial charge >= 0.3 is 5.97 Å². The highest BCUT2D eigenvalue weighted by Crippen LogP contribution is 2.52. The number of hydrogen-bond donors (Lipinski definition) is 0. The third kappa shape index (κ3) is 2.34. The first-order valence-corrected chi connectivity index (χ1v) is 7.56. The van der Waals surface area contributed by atoms with E-state index in [1.807, 2.05) is 0 Å². The summed E-state index contributed by atoms with van der Waals surface area (Å²) in [6.07, 6.45) is 5.31. The Hall–Kier alpha value is -3.88. The van der Waals surface area contributed by atoms with Crippen LogP contribution >= 0.6 is 0 Å². The number of nitrogens with zero attached hydrogens (tertiary/aromatic N) is 5. The molecule has 0 N–H and O–H groups in total. The lowest BCUT2D eigenvalue weighted by Crippen LogP contribution is -2.57. The minimum Gasteiger partial charge on any atom is -0.460 e. The van der Waals surface area contributed by atoms with Crippen LogP contribution in [0.1, 0.15) is 13.8 Å². The van der Waals surface area contributed by atoms with Gasteiger partial charge in [-0.15, -0.1) is 0 Å². The highest BCUT2D eigenvalue weighted by atomic mass is 16.5. The Labute approximate surface area is 150 Å². The van der Waals surface area contributed by atoms with Crippen LogP contribution in [0.3, 0.4) is 0 Å². The summed E-state index contributed by atoms with van der Waals surface area (Å²) < 4.78 is 5.10. The van der Waals surface area contributed by atoms with Crippen LogP contribution in [-0.2, 0) is 14.3 Å². The zero-order valence-corrected chi connectivity index (χ0v) is 14.0. The summed E-state index contributed by atoms with van der Waals surface area (Å²) in [6, 6.07) is 5.89. The van der Waals surface area contributed by atoms with Gasteiger partial charge in [0.2, 0.25) is 10.8 Å². The van der Waals surface area contributed by atoms with Crippen molar-refractivity contribution >= 4 is 12.3 Å². The van der Waals surface area contributed by atoms with Crippen LogP contribution in [0.4, 0.5) is 0 Å². The van der Waals surface area contributed by atoms with Crippen molar-refractivity contribution < 1.29 is 14.3 Å². The fourth-order valence-electron chi connectivity index (χ4n) is 2.96. The maximum absolute atomic E-state index is 12.5. The van der Waals surface area contributed by atoms with Crippen LogP contribution in [0, 0.1) is 56.2 Å². The second-order valence-corrected chi connectivity index (χ2v) is 6.00. The van der Waals surface area contributed by atoms with E-state index in [1.54, 1.807) is 38.1 Å². The molecule has 0 saturated carbocycles. The molecule has 0 radical (unpaired) electrons. The number of rotatable bonds is 3. The number of allylic oxidation sites excluding steroid dienone is 2. The summed E-state index contributed by atoms with van der Waals surface area (Å²) in [5.41, 5.74) is -4.76. The zero-order valence-electron chi connectivity index (χ0n) is 14.0. The molecule has 0 aromatic carbocycles. The molecule has 1 atom stereocenters. The predicted octanol–water partition coefficient (Wildman–Crippen LogP) is 1.23. The monoisotopic (exact) mass is 347 g/mol. The minimum atomic E-state index is -2.36. The summed E-state index contributed by atoms with van der Waals surface area (Å²) >= 11 is 0. The molecule has 1 unspecified atom stereocenters. The highest BCUT2D eigenvalue weighted by molar-refractivity contribution is 5.93. The maximum Gasteiger partial charge on any atom is 0.338 e. The lowest BCUT2D eigenvalue weighted by molar-refractivity contribution is -0.144. The Morgan fingerprint density at radius 3 is 2.27 bits per heavy atom. The van der Waals surface area contributed by atoms with Crippen molar-refractivity contribution in [3.63, 3.8) is 0 Å². The quantitative estimate of drug-likeness (QED) is 0.548. The summed E-state index contributed by atoms with van der Waals surface area (Å²) in [5, 5.41) is 39.0. The first-order chi connectivity index (χ1) is 12.4. The molecule has 128 valence electrons. The van der Waals surface area contributed by atoms with Gasteiger partial charge in [0, 0.05) is 18.0 Å². The summed E-state index contributed by atoms with van der Waals surface area (Å²) in [4.78, 5) is 24.9. The van der Waals surface area contributed by atoms with Crippen LogP contribution < -0.4 is 0 Å². The second-order valence-electron chi connectivity index (χ2n) is 6.00. The molecule has 2 heterocycles. The van der Waals surface area contributed by atoms with Crippen molar-refractivity contribution in [2.75, 3.05) is 0 Å². The molecule has 0 bridgehead atoms. The van der Waals surface area contributed by atoms with Gasteiger partial charge in [0.1, 0.15) is 0 Å². The van der Waals surface area contributed by atoms with E-state index in [4.69, 9.17) is 4.74 Å². The Balaban J connectivity index is 2.83. The fraction of sp³-hybridized carbons (Fsp3) is 0.333. The SMILES string of the molecule is CC(C)OC(=O)C1=CN2C=C(C=O)C=CC2C(C#N)(C#N)C1(C#N)C#N. The third-order valence-electron chi connectivity index (χ3n) is 4.19. The molecule has 26 heavy (non-hydrogen) atoms. The Bertz CT molecular complexity index is 886. The third-order valence-corrected chi connectivity index (χ3v) is 4.19. The van der Waals surface area contributed by atoms with E-state index in [0.717, 1.165) is 0 Å². The van der Waals surface area contributed by atoms with E-state index >= 15 is 0 Å². The Kier molecular flexibility index (Phi) is 4.65. The predicted molar refractivity (Wildman–Crippen MR) is 85.5 cm³/mol. The average molecular weight is 347 g/mol. The summed E-state index contributed by atoms with van der Waals surface area (Å²) in [7, 11) is 0. The standard InChI is InChI=1S/C18H13N5O3/c1-12(2)26-16(25)14-6-23-5-13(7-24)3-4-15(23)18(10-21,11-22)17(14,8-19)9-20/h3-7,12,15H,1-2H3. The molecule has 0 aromatic rings. The number of ether oxygens (including phenoxy) is 1. The van der Waals surface area contributed by atoms with E-state index in [2.05, 4.69) is 0 Å². The van der Waals surface area contributed by atoms with Crippen LogP contribution in [-0.4, -0.2) is 29.3 Å². The lowest BCUT2D eigenvalue weighted by Gasteiger charge is -2.46. The van der Waals surface area contributed by atoms with Crippen molar-refractivity contribution in [1.82, 2.24) is 4.90 Å². The molecule has 0 saturated heterocycles. The van der Waals surface area contributed by atoms with Crippen molar-refractivity contribution in [2.24, 2.45) is 10.8 Å². The van der Waals surface area contributed by atoms with Gasteiger partial charge in [-0.3, -0.25) is 4.79 Å². The first kappa shape index (κ1) is 18.5. The molecular formula is C18H13N5O3. The summed E-state index contributed by atoms with van der Waals surface area (Å²) in [5.74, 6) is -0.980. The smallest absolute Gasteiger partial charge is 0.338 e. The fourth-order valence-corrected chi connectivity index (χ4v) is 2.96. The molecule has 0 amide bonds. The van der Waals surface area contributed by atoms with Crippen molar-refractivity contribution in [3.05, 3.63) is 35.7 Å². The van der Waals surface area contributed by atoms with E-state index in [9.17, 15) is 30.6 Å². The van der Waals surface area contributed by atoms with Gasteiger partial charge in [-0.25, -0.2) is 4.79 Å². The van der Waals surface area contributed by atoms with Gasteiger partial charge < -0.3 is 9.64 Å². The molecular weight excluding hydrogens is 334 g/mol. The lowest BCUT2D eigenvalue weighted by atomic mass is 9.56. The topological polar surface area (TPSA) is 142 Å². The number of aldehydes is 1. The number of hydrogen-bond acceptors (Lipinski definition) is 8. The molecule has 0 spiro atoms. The van der Waals surface area contributed by atoms with Crippen LogP contribution in [0.25, 0.3) is 0 Å². The van der Waals surface area contributed by atoms with Crippen LogP contribution in [0.15, 0.2) is 35.7 Å². The number of carbonyl (C=O) groups is 2. The second kappa shape index (κ2) is 6.55. The van der Waals surface area contributed by atoms with Gasteiger partial charge in [0.05, 0.1) is 42.0 Å².